The van der Waals surface area contributed by atoms with Gasteiger partial charge in [-0.2, -0.15) is 0 Å². The zero-order chi connectivity index (χ0) is 12.3. The molecule has 98 valence electrons. The summed E-state index contributed by atoms with van der Waals surface area (Å²) in [7, 11) is 0. The molecule has 1 N–H and O–H groups in total. The number of carbonyl (C=O) groups is 1. The van der Waals surface area contributed by atoms with Gasteiger partial charge in [-0.05, 0) is 44.9 Å². The first-order valence-electron chi connectivity index (χ1n) is 7.10. The van der Waals surface area contributed by atoms with Crippen molar-refractivity contribution in [2.24, 2.45) is 5.41 Å². The van der Waals surface area contributed by atoms with Crippen molar-refractivity contribution >= 4 is 5.97 Å². The molecule has 0 aromatic rings. The maximum absolute atomic E-state index is 11.6. The summed E-state index contributed by atoms with van der Waals surface area (Å²) in [5.41, 5.74) is 0.513. The van der Waals surface area contributed by atoms with E-state index < -0.39 is 0 Å². The Labute approximate surface area is 104 Å². The van der Waals surface area contributed by atoms with Crippen LogP contribution in [0.1, 0.15) is 58.8 Å². The van der Waals surface area contributed by atoms with Crippen LogP contribution in [-0.2, 0) is 9.53 Å². The molecule has 17 heavy (non-hydrogen) atoms. The first-order valence-corrected chi connectivity index (χ1v) is 7.10. The minimum atomic E-state index is -0.154. The van der Waals surface area contributed by atoms with Crippen molar-refractivity contribution in [3.8, 4) is 0 Å². The second-order valence-electron chi connectivity index (χ2n) is 5.65. The van der Waals surface area contributed by atoms with E-state index >= 15 is 0 Å². The molecule has 0 aromatic carbocycles. The molecule has 2 atom stereocenters. The number of nitrogens with one attached hydrogen (secondary N) is 1. The Hall–Kier alpha value is -0.570. The molecular weight excluding hydrogens is 214 g/mol. The van der Waals surface area contributed by atoms with Gasteiger partial charge in [-0.15, -0.1) is 0 Å². The zero-order valence-corrected chi connectivity index (χ0v) is 11.1. The van der Waals surface area contributed by atoms with Crippen molar-refractivity contribution in [2.75, 3.05) is 6.61 Å². The highest BCUT2D eigenvalue weighted by Gasteiger charge is 2.47. The van der Waals surface area contributed by atoms with Crippen LogP contribution in [0.5, 0.6) is 0 Å². The van der Waals surface area contributed by atoms with Gasteiger partial charge in [0.1, 0.15) is 6.04 Å². The molecular formula is C14H25NO2. The van der Waals surface area contributed by atoms with Crippen LogP contribution in [0.2, 0.25) is 0 Å². The molecule has 0 aromatic heterocycles. The predicted molar refractivity (Wildman–Crippen MR) is 67.8 cm³/mol. The summed E-state index contributed by atoms with van der Waals surface area (Å²) in [6.45, 7) is 4.25. The number of ether oxygens (including phenoxy) is 1. The molecule has 0 radical (unpaired) electrons. The largest absolute Gasteiger partial charge is 0.465 e. The van der Waals surface area contributed by atoms with Crippen LogP contribution in [0.25, 0.3) is 0 Å². The van der Waals surface area contributed by atoms with Crippen LogP contribution < -0.4 is 5.32 Å². The monoisotopic (exact) mass is 239 g/mol. The molecule has 2 unspecified atom stereocenters. The first kappa shape index (κ1) is 12.9. The smallest absolute Gasteiger partial charge is 0.322 e. The first-order chi connectivity index (χ1) is 8.18. The van der Waals surface area contributed by atoms with E-state index in [1.165, 1.54) is 44.9 Å². The Bertz CT molecular complexity index is 271. The highest BCUT2D eigenvalue weighted by Crippen LogP contribution is 2.51. The second-order valence-corrected chi connectivity index (χ2v) is 5.65. The quantitative estimate of drug-likeness (QED) is 0.766. The van der Waals surface area contributed by atoms with Gasteiger partial charge in [0, 0.05) is 6.04 Å². The molecule has 2 aliphatic rings. The van der Waals surface area contributed by atoms with Crippen LogP contribution in [-0.4, -0.2) is 24.7 Å². The number of carbonyl (C=O) groups excluding carboxylic acids is 1. The van der Waals surface area contributed by atoms with E-state index in [1.807, 2.05) is 13.8 Å². The van der Waals surface area contributed by atoms with Gasteiger partial charge in [0.05, 0.1) is 6.61 Å². The lowest BCUT2D eigenvalue weighted by atomic mass is 9.57. The van der Waals surface area contributed by atoms with Gasteiger partial charge in [0.25, 0.3) is 0 Å². The van der Waals surface area contributed by atoms with Crippen molar-refractivity contribution in [1.29, 1.82) is 0 Å². The van der Waals surface area contributed by atoms with Crippen LogP contribution in [0.3, 0.4) is 0 Å². The Balaban J connectivity index is 1.84. The van der Waals surface area contributed by atoms with Gasteiger partial charge in [-0.1, -0.05) is 19.3 Å². The van der Waals surface area contributed by atoms with Gasteiger partial charge in [-0.25, -0.2) is 0 Å². The summed E-state index contributed by atoms with van der Waals surface area (Å²) in [6.07, 6.45) is 9.39. The number of rotatable bonds is 4. The van der Waals surface area contributed by atoms with E-state index in [9.17, 15) is 4.79 Å². The topological polar surface area (TPSA) is 38.3 Å². The van der Waals surface area contributed by atoms with E-state index in [0.29, 0.717) is 18.1 Å². The lowest BCUT2D eigenvalue weighted by molar-refractivity contribution is -0.146. The third-order valence-electron chi connectivity index (χ3n) is 4.61. The fraction of sp³-hybridized carbons (Fsp3) is 0.929. The average Bonchev–Trinajstić information content (AvgIpc) is 2.35. The number of hydrogen-bond donors (Lipinski definition) is 1. The Morgan fingerprint density at radius 2 is 2.06 bits per heavy atom. The van der Waals surface area contributed by atoms with E-state index in [1.54, 1.807) is 0 Å². The van der Waals surface area contributed by atoms with Crippen molar-refractivity contribution in [2.45, 2.75) is 70.9 Å². The molecule has 0 amide bonds. The van der Waals surface area contributed by atoms with Crippen LogP contribution >= 0.6 is 0 Å². The van der Waals surface area contributed by atoms with Crippen molar-refractivity contribution < 1.29 is 9.53 Å². The lowest BCUT2D eigenvalue weighted by Gasteiger charge is -2.53. The third-order valence-corrected chi connectivity index (χ3v) is 4.61. The highest BCUT2D eigenvalue weighted by atomic mass is 16.5. The van der Waals surface area contributed by atoms with Gasteiger partial charge in [0.2, 0.25) is 0 Å². The summed E-state index contributed by atoms with van der Waals surface area (Å²) in [4.78, 5) is 11.6. The normalized spacial score (nSPS) is 28.5. The molecule has 2 rings (SSSR count). The number of hydrogen-bond acceptors (Lipinski definition) is 3. The van der Waals surface area contributed by atoms with Crippen LogP contribution in [0, 0.1) is 5.41 Å². The molecule has 0 heterocycles. The minimum absolute atomic E-state index is 0.106. The van der Waals surface area contributed by atoms with Crippen LogP contribution in [0.4, 0.5) is 0 Å². The van der Waals surface area contributed by atoms with Gasteiger partial charge < -0.3 is 10.1 Å². The Morgan fingerprint density at radius 3 is 2.59 bits per heavy atom. The maximum atomic E-state index is 11.6. The molecule has 2 saturated carbocycles. The number of esters is 1. The van der Waals surface area contributed by atoms with Crippen molar-refractivity contribution in [1.82, 2.24) is 5.32 Å². The zero-order valence-electron chi connectivity index (χ0n) is 11.1. The Morgan fingerprint density at radius 1 is 1.35 bits per heavy atom. The van der Waals surface area contributed by atoms with E-state index in [0.717, 1.165) is 0 Å². The van der Waals surface area contributed by atoms with Gasteiger partial charge in [-0.3, -0.25) is 4.79 Å². The highest BCUT2D eigenvalue weighted by molar-refractivity contribution is 5.75. The summed E-state index contributed by atoms with van der Waals surface area (Å²) in [5, 5.41) is 3.49. The fourth-order valence-electron chi connectivity index (χ4n) is 3.45. The molecule has 0 saturated heterocycles. The molecule has 0 bridgehead atoms. The van der Waals surface area contributed by atoms with E-state index in [2.05, 4.69) is 5.32 Å². The summed E-state index contributed by atoms with van der Waals surface area (Å²) >= 11 is 0. The summed E-state index contributed by atoms with van der Waals surface area (Å²) in [6, 6.07) is 0.390. The standard InChI is InChI=1S/C14H25NO2/c1-3-17-13(16)11(2)15-12-7-10-14(12)8-5-4-6-9-14/h11-12,15H,3-10H2,1-2H3. The van der Waals surface area contributed by atoms with Crippen molar-refractivity contribution in [3.63, 3.8) is 0 Å². The second kappa shape index (κ2) is 5.38. The van der Waals surface area contributed by atoms with Crippen molar-refractivity contribution in [3.05, 3.63) is 0 Å². The molecule has 3 nitrogen and oxygen atoms in total. The Kier molecular flexibility index (Phi) is 4.08. The third kappa shape index (κ3) is 2.65. The van der Waals surface area contributed by atoms with E-state index in [4.69, 9.17) is 4.74 Å². The maximum Gasteiger partial charge on any atom is 0.322 e. The summed E-state index contributed by atoms with van der Waals surface area (Å²) < 4.78 is 5.05. The molecule has 1 spiro atoms. The van der Waals surface area contributed by atoms with Gasteiger partial charge >= 0.3 is 5.97 Å². The van der Waals surface area contributed by atoms with E-state index in [-0.39, 0.29) is 12.0 Å². The fourth-order valence-corrected chi connectivity index (χ4v) is 3.45. The minimum Gasteiger partial charge on any atom is -0.465 e. The molecule has 0 aliphatic heterocycles. The predicted octanol–water partition coefficient (Wildman–Crippen LogP) is 2.64. The SMILES string of the molecule is CCOC(=O)C(C)NC1CCC12CCCCC2. The lowest BCUT2D eigenvalue weighted by Crippen LogP contribution is -2.58. The molecule has 3 heteroatoms. The molecule has 2 aliphatic carbocycles. The van der Waals surface area contributed by atoms with Crippen LogP contribution in [0.15, 0.2) is 0 Å². The summed E-state index contributed by atoms with van der Waals surface area (Å²) in [5.74, 6) is -0.106. The van der Waals surface area contributed by atoms with Gasteiger partial charge in [0.15, 0.2) is 0 Å². The molecule has 2 fully saturated rings. The average molecular weight is 239 g/mol.